The molecule has 0 radical (unpaired) electrons. The van der Waals surface area contributed by atoms with E-state index in [9.17, 15) is 9.18 Å². The standard InChI is InChI=1S/C19H20FNO3/c1-3-21(4-2)10-11-23-13-8-9-14-17(12-13)24-19-15(18(14)22)6-5-7-16(19)20/h5-9,12H,3-4,10-11H2,1-2H3. The van der Waals surface area contributed by atoms with Crippen LogP contribution in [0, 0.1) is 5.82 Å². The van der Waals surface area contributed by atoms with Crippen LogP contribution in [0.25, 0.3) is 21.9 Å². The zero-order valence-electron chi connectivity index (χ0n) is 13.8. The molecule has 1 heterocycles. The Morgan fingerprint density at radius 2 is 1.92 bits per heavy atom. The van der Waals surface area contributed by atoms with E-state index in [-0.39, 0.29) is 16.4 Å². The average Bonchev–Trinajstić information content (AvgIpc) is 2.60. The van der Waals surface area contributed by atoms with Crippen LogP contribution in [-0.2, 0) is 0 Å². The highest BCUT2D eigenvalue weighted by atomic mass is 19.1. The van der Waals surface area contributed by atoms with Crippen molar-refractivity contribution in [3.8, 4) is 5.75 Å². The second-order valence-corrected chi connectivity index (χ2v) is 5.58. The quantitative estimate of drug-likeness (QED) is 0.645. The Balaban J connectivity index is 1.92. The number of nitrogens with zero attached hydrogens (tertiary/aromatic N) is 1. The van der Waals surface area contributed by atoms with Gasteiger partial charge in [0.25, 0.3) is 0 Å². The van der Waals surface area contributed by atoms with E-state index in [1.165, 1.54) is 12.1 Å². The van der Waals surface area contributed by atoms with Crippen LogP contribution in [0.4, 0.5) is 4.39 Å². The van der Waals surface area contributed by atoms with Crippen molar-refractivity contribution in [3.05, 3.63) is 52.4 Å². The van der Waals surface area contributed by atoms with Gasteiger partial charge in [-0.25, -0.2) is 4.39 Å². The monoisotopic (exact) mass is 329 g/mol. The molecule has 0 aliphatic carbocycles. The van der Waals surface area contributed by atoms with Crippen molar-refractivity contribution in [3.63, 3.8) is 0 Å². The Morgan fingerprint density at radius 3 is 2.67 bits per heavy atom. The molecule has 0 aliphatic rings. The molecular formula is C19H20FNO3. The second kappa shape index (κ2) is 7.01. The van der Waals surface area contributed by atoms with Crippen molar-refractivity contribution in [1.29, 1.82) is 0 Å². The fraction of sp³-hybridized carbons (Fsp3) is 0.316. The third kappa shape index (κ3) is 3.12. The summed E-state index contributed by atoms with van der Waals surface area (Å²) in [5, 5.41) is 0.668. The fourth-order valence-electron chi connectivity index (χ4n) is 2.74. The van der Waals surface area contributed by atoms with Crippen LogP contribution < -0.4 is 10.2 Å². The number of halogens is 1. The van der Waals surface area contributed by atoms with Crippen LogP contribution in [0.5, 0.6) is 5.75 Å². The maximum atomic E-state index is 13.9. The summed E-state index contributed by atoms with van der Waals surface area (Å²) in [6, 6.07) is 9.40. The van der Waals surface area contributed by atoms with Crippen LogP contribution in [0.1, 0.15) is 13.8 Å². The maximum Gasteiger partial charge on any atom is 0.200 e. The van der Waals surface area contributed by atoms with Crippen LogP contribution in [0.2, 0.25) is 0 Å². The minimum absolute atomic E-state index is 0.0182. The van der Waals surface area contributed by atoms with Crippen molar-refractivity contribution in [2.24, 2.45) is 0 Å². The van der Waals surface area contributed by atoms with Crippen molar-refractivity contribution in [2.75, 3.05) is 26.2 Å². The topological polar surface area (TPSA) is 42.7 Å². The van der Waals surface area contributed by atoms with Crippen molar-refractivity contribution < 1.29 is 13.5 Å². The number of para-hydroxylation sites is 1. The number of hydrogen-bond acceptors (Lipinski definition) is 4. The van der Waals surface area contributed by atoms with E-state index >= 15 is 0 Å². The number of rotatable bonds is 6. The van der Waals surface area contributed by atoms with E-state index in [1.54, 1.807) is 24.3 Å². The Hall–Kier alpha value is -2.40. The molecule has 2 aromatic carbocycles. The zero-order valence-corrected chi connectivity index (χ0v) is 13.8. The average molecular weight is 329 g/mol. The van der Waals surface area contributed by atoms with Gasteiger partial charge in [-0.15, -0.1) is 0 Å². The Labute approximate surface area is 139 Å². The molecule has 0 saturated carbocycles. The summed E-state index contributed by atoms with van der Waals surface area (Å²) in [4.78, 5) is 14.7. The maximum absolute atomic E-state index is 13.9. The van der Waals surface area contributed by atoms with Crippen LogP contribution >= 0.6 is 0 Å². The van der Waals surface area contributed by atoms with E-state index in [0.29, 0.717) is 23.3 Å². The molecule has 1 aromatic heterocycles. The van der Waals surface area contributed by atoms with Gasteiger partial charge in [0.15, 0.2) is 11.4 Å². The first-order chi connectivity index (χ1) is 11.6. The van der Waals surface area contributed by atoms with Crippen molar-refractivity contribution in [1.82, 2.24) is 4.90 Å². The molecule has 126 valence electrons. The van der Waals surface area contributed by atoms with Gasteiger partial charge in [0.1, 0.15) is 17.9 Å². The number of benzene rings is 2. The molecule has 0 spiro atoms. The van der Waals surface area contributed by atoms with Crippen LogP contribution in [-0.4, -0.2) is 31.1 Å². The molecule has 0 bridgehead atoms. The van der Waals surface area contributed by atoms with Gasteiger partial charge in [-0.05, 0) is 37.4 Å². The number of likely N-dealkylation sites (N-methyl/N-ethyl adjacent to an activating group) is 1. The van der Waals surface area contributed by atoms with Gasteiger partial charge < -0.3 is 14.1 Å². The molecule has 0 unspecified atom stereocenters. The van der Waals surface area contributed by atoms with Gasteiger partial charge in [-0.1, -0.05) is 19.9 Å². The second-order valence-electron chi connectivity index (χ2n) is 5.58. The molecule has 0 fully saturated rings. The first kappa shape index (κ1) is 16.5. The minimum Gasteiger partial charge on any atom is -0.492 e. The van der Waals surface area contributed by atoms with E-state index in [2.05, 4.69) is 18.7 Å². The van der Waals surface area contributed by atoms with E-state index < -0.39 is 5.82 Å². The first-order valence-electron chi connectivity index (χ1n) is 8.14. The lowest BCUT2D eigenvalue weighted by molar-refractivity contribution is 0.223. The third-order valence-corrected chi connectivity index (χ3v) is 4.19. The molecule has 3 aromatic rings. The highest BCUT2D eigenvalue weighted by Crippen LogP contribution is 2.24. The SMILES string of the molecule is CCN(CC)CCOc1ccc2c(=O)c3cccc(F)c3oc2c1. The normalized spacial score (nSPS) is 11.5. The molecule has 3 rings (SSSR count). The van der Waals surface area contributed by atoms with E-state index in [0.717, 1.165) is 19.6 Å². The van der Waals surface area contributed by atoms with Crippen molar-refractivity contribution >= 4 is 21.9 Å². The molecule has 0 atom stereocenters. The number of hydrogen-bond donors (Lipinski definition) is 0. The summed E-state index contributed by atoms with van der Waals surface area (Å²) in [5.74, 6) is 0.0628. The van der Waals surface area contributed by atoms with Gasteiger partial charge >= 0.3 is 0 Å². The number of fused-ring (bicyclic) bond motifs is 2. The number of ether oxygens (including phenoxy) is 1. The molecule has 4 nitrogen and oxygen atoms in total. The third-order valence-electron chi connectivity index (χ3n) is 4.19. The molecule has 24 heavy (non-hydrogen) atoms. The molecular weight excluding hydrogens is 309 g/mol. The highest BCUT2D eigenvalue weighted by Gasteiger charge is 2.11. The summed E-state index contributed by atoms with van der Waals surface area (Å²) >= 11 is 0. The lowest BCUT2D eigenvalue weighted by atomic mass is 10.1. The molecule has 0 amide bonds. The summed E-state index contributed by atoms with van der Waals surface area (Å²) in [7, 11) is 0. The van der Waals surface area contributed by atoms with Gasteiger partial charge in [0.05, 0.1) is 10.8 Å². The lowest BCUT2D eigenvalue weighted by Gasteiger charge is -2.18. The minimum atomic E-state index is -0.542. The van der Waals surface area contributed by atoms with Gasteiger partial charge in [0, 0.05) is 12.6 Å². The van der Waals surface area contributed by atoms with Crippen LogP contribution in [0.15, 0.2) is 45.6 Å². The van der Waals surface area contributed by atoms with Crippen molar-refractivity contribution in [2.45, 2.75) is 13.8 Å². The predicted octanol–water partition coefficient (Wildman–Crippen LogP) is 3.81. The summed E-state index contributed by atoms with van der Waals surface area (Å²) in [6.45, 7) is 7.51. The predicted molar refractivity (Wildman–Crippen MR) is 93.2 cm³/mol. The van der Waals surface area contributed by atoms with Gasteiger partial charge in [-0.2, -0.15) is 0 Å². The largest absolute Gasteiger partial charge is 0.492 e. The Morgan fingerprint density at radius 1 is 1.12 bits per heavy atom. The highest BCUT2D eigenvalue weighted by molar-refractivity contribution is 5.90. The van der Waals surface area contributed by atoms with E-state index in [4.69, 9.17) is 9.15 Å². The van der Waals surface area contributed by atoms with Gasteiger partial charge in [0.2, 0.25) is 5.43 Å². The Bertz CT molecular complexity index is 916. The smallest absolute Gasteiger partial charge is 0.200 e. The summed E-state index contributed by atoms with van der Waals surface area (Å²) in [6.07, 6.45) is 0. The van der Waals surface area contributed by atoms with Gasteiger partial charge in [-0.3, -0.25) is 4.79 Å². The summed E-state index contributed by atoms with van der Waals surface area (Å²) in [5.41, 5.74) is 0.0775. The lowest BCUT2D eigenvalue weighted by Crippen LogP contribution is -2.27. The summed E-state index contributed by atoms with van der Waals surface area (Å²) < 4.78 is 25.2. The molecule has 0 N–H and O–H groups in total. The first-order valence-corrected chi connectivity index (χ1v) is 8.14. The van der Waals surface area contributed by atoms with E-state index in [1.807, 2.05) is 0 Å². The molecule has 5 heteroatoms. The molecule has 0 saturated heterocycles. The Kier molecular flexibility index (Phi) is 4.81. The van der Waals surface area contributed by atoms with Crippen LogP contribution in [0.3, 0.4) is 0 Å². The zero-order chi connectivity index (χ0) is 17.1. The fourth-order valence-corrected chi connectivity index (χ4v) is 2.74. The molecule has 0 aliphatic heterocycles.